The van der Waals surface area contributed by atoms with Crippen LogP contribution in [0.5, 0.6) is 0 Å². The molecule has 0 unspecified atom stereocenters. The maximum Gasteiger partial charge on any atom is 0.0439 e. The van der Waals surface area contributed by atoms with Crippen molar-refractivity contribution in [2.75, 3.05) is 11.9 Å². The number of halogens is 1. The molecule has 102 valence electrons. The highest BCUT2D eigenvalue weighted by Gasteiger charge is 2.37. The summed E-state index contributed by atoms with van der Waals surface area (Å²) in [5.41, 5.74) is 5.75. The Morgan fingerprint density at radius 3 is 2.45 bits per heavy atom. The van der Waals surface area contributed by atoms with Gasteiger partial charge in [0.25, 0.3) is 0 Å². The van der Waals surface area contributed by atoms with E-state index in [0.29, 0.717) is 0 Å². The molecule has 3 heteroatoms. The first-order chi connectivity index (χ1) is 9.74. The third-order valence-corrected chi connectivity index (χ3v) is 5.01. The molecule has 20 heavy (non-hydrogen) atoms. The zero-order chi connectivity index (χ0) is 13.6. The molecule has 1 heterocycles. The van der Waals surface area contributed by atoms with Crippen molar-refractivity contribution in [3.63, 3.8) is 0 Å². The molecule has 1 aliphatic heterocycles. The van der Waals surface area contributed by atoms with E-state index in [0.717, 1.165) is 30.4 Å². The highest BCUT2D eigenvalue weighted by molar-refractivity contribution is 9.10. The second-order valence-electron chi connectivity index (χ2n) is 5.91. The van der Waals surface area contributed by atoms with E-state index in [1.165, 1.54) is 22.4 Å². The molecule has 2 aliphatic rings. The van der Waals surface area contributed by atoms with Crippen LogP contribution in [0.3, 0.4) is 0 Å². The predicted molar refractivity (Wildman–Crippen MR) is 86.1 cm³/mol. The lowest BCUT2D eigenvalue weighted by Gasteiger charge is -2.28. The molecule has 0 atom stereocenters. The molecule has 2 aromatic carbocycles. The Labute approximate surface area is 127 Å². The van der Waals surface area contributed by atoms with E-state index >= 15 is 0 Å². The first-order valence-electron chi connectivity index (χ1n) is 7.08. The Morgan fingerprint density at radius 1 is 0.950 bits per heavy atom. The van der Waals surface area contributed by atoms with E-state index in [9.17, 15) is 0 Å². The van der Waals surface area contributed by atoms with Crippen LogP contribution in [0.2, 0.25) is 0 Å². The van der Waals surface area contributed by atoms with Gasteiger partial charge in [0, 0.05) is 28.8 Å². The lowest BCUT2D eigenvalue weighted by atomic mass is 9.96. The lowest BCUT2D eigenvalue weighted by molar-refractivity contribution is 0.361. The monoisotopic (exact) mass is 328 g/mol. The van der Waals surface area contributed by atoms with Crippen LogP contribution < -0.4 is 10.6 Å². The van der Waals surface area contributed by atoms with Crippen LogP contribution in [0, 0.1) is 0 Å². The van der Waals surface area contributed by atoms with Gasteiger partial charge in [-0.3, -0.25) is 0 Å². The fraction of sp³-hybridized carbons (Fsp3) is 0.294. The van der Waals surface area contributed by atoms with E-state index in [2.05, 4.69) is 69.0 Å². The van der Waals surface area contributed by atoms with Crippen LogP contribution in [-0.4, -0.2) is 12.1 Å². The molecular formula is C17H17BrN2. The minimum absolute atomic E-state index is 0.162. The zero-order valence-electron chi connectivity index (χ0n) is 11.2. The van der Waals surface area contributed by atoms with Gasteiger partial charge in [0.1, 0.15) is 0 Å². The van der Waals surface area contributed by atoms with Crippen molar-refractivity contribution in [2.24, 2.45) is 0 Å². The first kappa shape index (κ1) is 12.4. The summed E-state index contributed by atoms with van der Waals surface area (Å²) >= 11 is 3.56. The normalized spacial score (nSPS) is 19.1. The Morgan fingerprint density at radius 2 is 1.70 bits per heavy atom. The molecule has 1 aliphatic carbocycles. The van der Waals surface area contributed by atoms with Crippen LogP contribution in [0.25, 0.3) is 0 Å². The summed E-state index contributed by atoms with van der Waals surface area (Å²) in [6, 6.07) is 15.3. The predicted octanol–water partition coefficient (Wildman–Crippen LogP) is 3.50. The van der Waals surface area contributed by atoms with Gasteiger partial charge in [-0.05, 0) is 47.7 Å². The SMILES string of the molecule is Brc1ccc2c(c1)CNC1(CN2)Cc2ccccc2C1. The Bertz CT molecular complexity index is 641. The van der Waals surface area contributed by atoms with Crippen LogP contribution >= 0.6 is 15.9 Å². The lowest BCUT2D eigenvalue weighted by Crippen LogP contribution is -2.49. The van der Waals surface area contributed by atoms with Crippen molar-refractivity contribution in [3.8, 4) is 0 Å². The van der Waals surface area contributed by atoms with Crippen LogP contribution in [-0.2, 0) is 19.4 Å². The minimum atomic E-state index is 0.162. The zero-order valence-corrected chi connectivity index (χ0v) is 12.8. The van der Waals surface area contributed by atoms with Gasteiger partial charge in [-0.15, -0.1) is 0 Å². The van der Waals surface area contributed by atoms with Crippen LogP contribution in [0.15, 0.2) is 46.9 Å². The standard InChI is InChI=1S/C17H17BrN2/c18-15-5-6-16-14(7-15)10-20-17(11-19-16)8-12-3-1-2-4-13(12)9-17/h1-7,19-20H,8-11H2. The van der Waals surface area contributed by atoms with Gasteiger partial charge in [-0.1, -0.05) is 40.2 Å². The Hall–Kier alpha value is -1.32. The van der Waals surface area contributed by atoms with Gasteiger partial charge in [-0.2, -0.15) is 0 Å². The first-order valence-corrected chi connectivity index (χ1v) is 7.88. The molecule has 2 N–H and O–H groups in total. The van der Waals surface area contributed by atoms with Gasteiger partial charge in [0.2, 0.25) is 0 Å². The van der Waals surface area contributed by atoms with E-state index in [1.54, 1.807) is 0 Å². The van der Waals surface area contributed by atoms with Crippen molar-refractivity contribution >= 4 is 21.6 Å². The summed E-state index contributed by atoms with van der Waals surface area (Å²) in [4.78, 5) is 0. The summed E-state index contributed by atoms with van der Waals surface area (Å²) in [6.07, 6.45) is 2.23. The van der Waals surface area contributed by atoms with Crippen molar-refractivity contribution in [1.82, 2.24) is 5.32 Å². The molecule has 4 rings (SSSR count). The van der Waals surface area contributed by atoms with E-state index in [-0.39, 0.29) is 5.54 Å². The molecule has 0 fully saturated rings. The van der Waals surface area contributed by atoms with Gasteiger partial charge in [0.05, 0.1) is 0 Å². The van der Waals surface area contributed by atoms with Crippen LogP contribution in [0.4, 0.5) is 5.69 Å². The Kier molecular flexibility index (Phi) is 2.86. The molecule has 0 saturated carbocycles. The van der Waals surface area contributed by atoms with Gasteiger partial charge < -0.3 is 10.6 Å². The summed E-state index contributed by atoms with van der Waals surface area (Å²) in [5, 5.41) is 7.44. The quantitative estimate of drug-likeness (QED) is 0.773. The van der Waals surface area contributed by atoms with E-state index < -0.39 is 0 Å². The third kappa shape index (κ3) is 2.05. The van der Waals surface area contributed by atoms with Crippen molar-refractivity contribution in [3.05, 3.63) is 63.6 Å². The van der Waals surface area contributed by atoms with Crippen molar-refractivity contribution < 1.29 is 0 Å². The van der Waals surface area contributed by atoms with E-state index in [4.69, 9.17) is 0 Å². The molecule has 1 spiro atoms. The summed E-state index contributed by atoms with van der Waals surface area (Å²) in [5.74, 6) is 0. The van der Waals surface area contributed by atoms with Crippen LogP contribution in [0.1, 0.15) is 16.7 Å². The second kappa shape index (κ2) is 4.61. The van der Waals surface area contributed by atoms with Crippen molar-refractivity contribution in [1.29, 1.82) is 0 Å². The number of rotatable bonds is 0. The largest absolute Gasteiger partial charge is 0.383 e. The minimum Gasteiger partial charge on any atom is -0.383 e. The van der Waals surface area contributed by atoms with Crippen molar-refractivity contribution in [2.45, 2.75) is 24.9 Å². The van der Waals surface area contributed by atoms with E-state index in [1.807, 2.05) is 0 Å². The number of hydrogen-bond acceptors (Lipinski definition) is 2. The summed E-state index contributed by atoms with van der Waals surface area (Å²) in [7, 11) is 0. The number of hydrogen-bond donors (Lipinski definition) is 2. The second-order valence-corrected chi connectivity index (χ2v) is 6.83. The smallest absolute Gasteiger partial charge is 0.0439 e. The Balaban J connectivity index is 1.63. The molecule has 0 bridgehead atoms. The molecule has 0 radical (unpaired) electrons. The molecule has 0 saturated heterocycles. The fourth-order valence-electron chi connectivity index (χ4n) is 3.43. The van der Waals surface area contributed by atoms with Gasteiger partial charge in [-0.25, -0.2) is 0 Å². The number of fused-ring (bicyclic) bond motifs is 2. The number of benzene rings is 2. The highest BCUT2D eigenvalue weighted by atomic mass is 79.9. The summed E-state index contributed by atoms with van der Waals surface area (Å²) < 4.78 is 1.14. The maximum atomic E-state index is 3.80. The summed E-state index contributed by atoms with van der Waals surface area (Å²) in [6.45, 7) is 1.91. The van der Waals surface area contributed by atoms with Gasteiger partial charge >= 0.3 is 0 Å². The highest BCUT2D eigenvalue weighted by Crippen LogP contribution is 2.33. The molecule has 0 aromatic heterocycles. The maximum absolute atomic E-state index is 3.80. The topological polar surface area (TPSA) is 24.1 Å². The fourth-order valence-corrected chi connectivity index (χ4v) is 3.84. The molecular weight excluding hydrogens is 312 g/mol. The molecule has 2 nitrogen and oxygen atoms in total. The molecule has 0 amide bonds. The van der Waals surface area contributed by atoms with Gasteiger partial charge in [0.15, 0.2) is 0 Å². The number of anilines is 1. The third-order valence-electron chi connectivity index (χ3n) is 4.51. The average molecular weight is 329 g/mol. The number of nitrogens with one attached hydrogen (secondary N) is 2. The average Bonchev–Trinajstić information content (AvgIpc) is 2.73. The molecule has 2 aromatic rings.